The van der Waals surface area contributed by atoms with Crippen LogP contribution in [0.2, 0.25) is 0 Å². The molecule has 0 aliphatic carbocycles. The fourth-order valence-corrected chi connectivity index (χ4v) is 3.18. The van der Waals surface area contributed by atoms with Gasteiger partial charge in [-0.3, -0.25) is 4.79 Å². The molecule has 1 fully saturated rings. The first kappa shape index (κ1) is 23.3. The Morgan fingerprint density at radius 2 is 1.83 bits per heavy atom. The Kier molecular flexibility index (Phi) is 8.14. The van der Waals surface area contributed by atoms with Crippen LogP contribution in [0.5, 0.6) is 0 Å². The minimum Gasteiger partial charge on any atom is -0.469 e. The topological polar surface area (TPSA) is 161 Å². The molecule has 2 aliphatic rings. The van der Waals surface area contributed by atoms with Gasteiger partial charge in [-0.2, -0.15) is 0 Å². The molecule has 2 rings (SSSR count). The van der Waals surface area contributed by atoms with Crippen molar-refractivity contribution < 1.29 is 53.7 Å². The van der Waals surface area contributed by atoms with Gasteiger partial charge in [-0.05, 0) is 6.92 Å². The Hall–Kier alpha value is -2.02. The van der Waals surface area contributed by atoms with Crippen LogP contribution in [0.3, 0.4) is 0 Å². The van der Waals surface area contributed by atoms with E-state index in [0.717, 1.165) is 6.26 Å². The summed E-state index contributed by atoms with van der Waals surface area (Å²) in [5.74, 6) is -2.08. The number of hydrogen-bond donors (Lipinski definition) is 4. The standard InChI is InChI=1S/C18H26O11/c1-4-8-9(5-12(20)25-2)10(16(24)26-3)7-27-17(8)29-18-15(23)14(22)13(21)11(6-19)28-18/h4,7,9,11,13-15,17-19,21-23H,5-6H2,1-3H3/b8-4-/t9?,11-,13-,14+,15-,17+,18+/m1/s1. The van der Waals surface area contributed by atoms with Crippen molar-refractivity contribution in [3.63, 3.8) is 0 Å². The second-order valence-corrected chi connectivity index (χ2v) is 6.49. The molecule has 164 valence electrons. The summed E-state index contributed by atoms with van der Waals surface area (Å²) in [6.07, 6.45) is -6.17. The number of ether oxygens (including phenoxy) is 5. The van der Waals surface area contributed by atoms with Gasteiger partial charge < -0.3 is 44.1 Å². The maximum atomic E-state index is 12.1. The van der Waals surface area contributed by atoms with Gasteiger partial charge in [0.15, 0.2) is 6.29 Å². The van der Waals surface area contributed by atoms with Crippen LogP contribution < -0.4 is 0 Å². The molecule has 0 aromatic heterocycles. The largest absolute Gasteiger partial charge is 0.469 e. The molecule has 7 atom stereocenters. The van der Waals surface area contributed by atoms with Gasteiger partial charge in [0, 0.05) is 11.5 Å². The maximum Gasteiger partial charge on any atom is 0.337 e. The van der Waals surface area contributed by atoms with Crippen molar-refractivity contribution in [1.82, 2.24) is 0 Å². The predicted molar refractivity (Wildman–Crippen MR) is 93.7 cm³/mol. The normalized spacial score (nSPS) is 36.2. The third-order valence-electron chi connectivity index (χ3n) is 4.83. The SMILES string of the molecule is C/C=C1/C(CC(=O)OC)C(C(=O)OC)=CO[C@H]1O[C@@H]1O[C@H](CO)[C@@H](O)[C@H](O)[C@H]1O. The molecule has 1 unspecified atom stereocenters. The van der Waals surface area contributed by atoms with E-state index >= 15 is 0 Å². The quantitative estimate of drug-likeness (QED) is 0.289. The van der Waals surface area contributed by atoms with Crippen LogP contribution >= 0.6 is 0 Å². The lowest BCUT2D eigenvalue weighted by Gasteiger charge is -2.41. The van der Waals surface area contributed by atoms with E-state index < -0.39 is 61.5 Å². The van der Waals surface area contributed by atoms with Crippen LogP contribution in [-0.4, -0.2) is 90.2 Å². The minimum absolute atomic E-state index is 0.0691. The van der Waals surface area contributed by atoms with Crippen LogP contribution in [0, 0.1) is 5.92 Å². The molecule has 0 radical (unpaired) electrons. The summed E-state index contributed by atoms with van der Waals surface area (Å²) < 4.78 is 25.8. The monoisotopic (exact) mass is 418 g/mol. The zero-order valence-corrected chi connectivity index (χ0v) is 16.3. The number of hydrogen-bond acceptors (Lipinski definition) is 11. The van der Waals surface area contributed by atoms with Gasteiger partial charge in [-0.25, -0.2) is 4.79 Å². The Balaban J connectivity index is 2.27. The Bertz CT molecular complexity index is 656. The molecule has 0 aromatic rings. The summed E-state index contributed by atoms with van der Waals surface area (Å²) in [6, 6.07) is 0. The van der Waals surface area contributed by atoms with E-state index in [0.29, 0.717) is 5.57 Å². The summed E-state index contributed by atoms with van der Waals surface area (Å²) in [4.78, 5) is 23.9. The van der Waals surface area contributed by atoms with E-state index in [9.17, 15) is 30.0 Å². The Morgan fingerprint density at radius 1 is 1.14 bits per heavy atom. The van der Waals surface area contributed by atoms with Crippen molar-refractivity contribution in [1.29, 1.82) is 0 Å². The lowest BCUT2D eigenvalue weighted by atomic mass is 9.86. The molecule has 29 heavy (non-hydrogen) atoms. The molecule has 11 heteroatoms. The van der Waals surface area contributed by atoms with Gasteiger partial charge in [-0.15, -0.1) is 0 Å². The Morgan fingerprint density at radius 3 is 2.38 bits per heavy atom. The summed E-state index contributed by atoms with van der Waals surface area (Å²) in [7, 11) is 2.39. The van der Waals surface area contributed by atoms with Gasteiger partial charge in [-0.1, -0.05) is 6.08 Å². The third-order valence-corrected chi connectivity index (χ3v) is 4.83. The van der Waals surface area contributed by atoms with Gasteiger partial charge in [0.1, 0.15) is 24.4 Å². The zero-order valence-electron chi connectivity index (χ0n) is 16.3. The van der Waals surface area contributed by atoms with Crippen LogP contribution in [0.25, 0.3) is 0 Å². The molecule has 11 nitrogen and oxygen atoms in total. The van der Waals surface area contributed by atoms with E-state index in [1.165, 1.54) is 14.2 Å². The van der Waals surface area contributed by atoms with Crippen LogP contribution in [0.1, 0.15) is 13.3 Å². The maximum absolute atomic E-state index is 12.1. The van der Waals surface area contributed by atoms with Crippen molar-refractivity contribution in [2.24, 2.45) is 5.92 Å². The second kappa shape index (κ2) is 10.1. The highest BCUT2D eigenvalue weighted by Gasteiger charge is 2.46. The molecule has 4 N–H and O–H groups in total. The zero-order chi connectivity index (χ0) is 21.7. The van der Waals surface area contributed by atoms with Crippen molar-refractivity contribution in [2.45, 2.75) is 50.3 Å². The molecular formula is C18H26O11. The second-order valence-electron chi connectivity index (χ2n) is 6.49. The number of methoxy groups -OCH3 is 2. The number of aliphatic hydroxyl groups excluding tert-OH is 4. The number of allylic oxidation sites excluding steroid dienone is 1. The van der Waals surface area contributed by atoms with E-state index in [1.54, 1.807) is 13.0 Å². The fraction of sp³-hybridized carbons (Fsp3) is 0.667. The molecule has 0 bridgehead atoms. The molecule has 0 saturated carbocycles. The average Bonchev–Trinajstić information content (AvgIpc) is 2.73. The number of aliphatic hydroxyl groups is 4. The van der Waals surface area contributed by atoms with E-state index in [2.05, 4.69) is 4.74 Å². The van der Waals surface area contributed by atoms with E-state index in [1.807, 2.05) is 0 Å². The lowest BCUT2D eigenvalue weighted by Crippen LogP contribution is -2.60. The summed E-state index contributed by atoms with van der Waals surface area (Å²) in [5.41, 5.74) is 0.426. The van der Waals surface area contributed by atoms with E-state index in [-0.39, 0.29) is 12.0 Å². The summed E-state index contributed by atoms with van der Waals surface area (Å²) in [5, 5.41) is 39.2. The number of carbonyl (C=O) groups excluding carboxylic acids is 2. The van der Waals surface area contributed by atoms with Crippen LogP contribution in [0.15, 0.2) is 23.5 Å². The predicted octanol–water partition coefficient (Wildman–Crippen LogP) is -1.66. The van der Waals surface area contributed by atoms with Crippen molar-refractivity contribution in [3.05, 3.63) is 23.5 Å². The first-order valence-corrected chi connectivity index (χ1v) is 8.91. The van der Waals surface area contributed by atoms with E-state index in [4.69, 9.17) is 18.9 Å². The van der Waals surface area contributed by atoms with Gasteiger partial charge in [0.25, 0.3) is 0 Å². The minimum atomic E-state index is -1.64. The molecular weight excluding hydrogens is 392 g/mol. The molecule has 2 heterocycles. The van der Waals surface area contributed by atoms with Crippen molar-refractivity contribution >= 4 is 11.9 Å². The number of rotatable bonds is 6. The van der Waals surface area contributed by atoms with Crippen molar-refractivity contribution in [3.8, 4) is 0 Å². The van der Waals surface area contributed by atoms with Crippen molar-refractivity contribution in [2.75, 3.05) is 20.8 Å². The molecule has 0 aromatic carbocycles. The highest BCUT2D eigenvalue weighted by molar-refractivity contribution is 5.90. The smallest absolute Gasteiger partial charge is 0.337 e. The molecule has 0 amide bonds. The van der Waals surface area contributed by atoms with Gasteiger partial charge >= 0.3 is 11.9 Å². The first-order valence-electron chi connectivity index (χ1n) is 8.91. The first-order chi connectivity index (χ1) is 13.8. The molecule has 0 spiro atoms. The summed E-state index contributed by atoms with van der Waals surface area (Å²) in [6.45, 7) is 1.01. The molecule has 2 aliphatic heterocycles. The highest BCUT2D eigenvalue weighted by Crippen LogP contribution is 2.36. The summed E-state index contributed by atoms with van der Waals surface area (Å²) >= 11 is 0. The number of esters is 2. The number of carbonyl (C=O) groups is 2. The van der Waals surface area contributed by atoms with Gasteiger partial charge in [0.05, 0.1) is 39.1 Å². The third kappa shape index (κ3) is 4.94. The average molecular weight is 418 g/mol. The fourth-order valence-electron chi connectivity index (χ4n) is 3.18. The van der Waals surface area contributed by atoms with Crippen LogP contribution in [0.4, 0.5) is 0 Å². The highest BCUT2D eigenvalue weighted by atomic mass is 16.8. The van der Waals surface area contributed by atoms with Gasteiger partial charge in [0.2, 0.25) is 6.29 Å². The Labute approximate surface area is 167 Å². The lowest BCUT2D eigenvalue weighted by molar-refractivity contribution is -0.327. The van der Waals surface area contributed by atoms with Crippen LogP contribution in [-0.2, 0) is 33.3 Å². The molecule has 1 saturated heterocycles.